The van der Waals surface area contributed by atoms with Crippen molar-refractivity contribution in [3.05, 3.63) is 12.7 Å². The average Bonchev–Trinajstić information content (AvgIpc) is 2.22. The van der Waals surface area contributed by atoms with Crippen molar-refractivity contribution in [3.63, 3.8) is 0 Å². The molecule has 0 saturated heterocycles. The molecule has 1 aliphatic rings. The molecule has 0 aromatic heterocycles. The minimum atomic E-state index is -1.03. The summed E-state index contributed by atoms with van der Waals surface area (Å²) in [6.45, 7) is 7.58. The maximum Gasteiger partial charge on any atom is 0.320 e. The molecule has 0 radical (unpaired) electrons. The Hall–Kier alpha value is -1.12. The molecule has 0 aromatic rings. The molecule has 0 aliphatic heterocycles. The molecule has 0 N–H and O–H groups in total. The van der Waals surface area contributed by atoms with Crippen molar-refractivity contribution in [2.24, 2.45) is 10.8 Å². The van der Waals surface area contributed by atoms with Crippen LogP contribution in [0.4, 0.5) is 0 Å². The molecule has 1 saturated carbocycles. The topological polar surface area (TPSA) is 43.4 Å². The van der Waals surface area contributed by atoms with Crippen LogP contribution in [0, 0.1) is 10.8 Å². The molecule has 0 amide bonds. The Morgan fingerprint density at radius 1 is 1.56 bits per heavy atom. The van der Waals surface area contributed by atoms with Crippen LogP contribution in [0.1, 0.15) is 39.5 Å². The quantitative estimate of drug-likeness (QED) is 0.420. The lowest BCUT2D eigenvalue weighted by Gasteiger charge is -2.46. The summed E-state index contributed by atoms with van der Waals surface area (Å²) in [5.41, 5.74) is -1.38. The van der Waals surface area contributed by atoms with Crippen molar-refractivity contribution in [2.75, 3.05) is 7.11 Å². The van der Waals surface area contributed by atoms with E-state index >= 15 is 0 Å². The van der Waals surface area contributed by atoms with Gasteiger partial charge in [0, 0.05) is 6.42 Å². The standard InChI is InChI=1S/C13H20O3/c1-5-8-13(11(15)16-4)10(14)7-6-9-12(13,2)3/h5H,1,6-9H2,2-4H3. The van der Waals surface area contributed by atoms with E-state index in [1.165, 1.54) is 7.11 Å². The molecule has 1 rings (SSSR count). The summed E-state index contributed by atoms with van der Waals surface area (Å²) < 4.78 is 4.84. The molecular formula is C13H20O3. The van der Waals surface area contributed by atoms with Crippen LogP contribution in [-0.2, 0) is 14.3 Å². The van der Waals surface area contributed by atoms with E-state index in [-0.39, 0.29) is 11.2 Å². The van der Waals surface area contributed by atoms with Gasteiger partial charge in [0.05, 0.1) is 7.11 Å². The van der Waals surface area contributed by atoms with Gasteiger partial charge in [0.15, 0.2) is 5.78 Å². The summed E-state index contributed by atoms with van der Waals surface area (Å²) in [5, 5.41) is 0. The summed E-state index contributed by atoms with van der Waals surface area (Å²) in [7, 11) is 1.34. The third-order valence-electron chi connectivity index (χ3n) is 3.82. The maximum absolute atomic E-state index is 12.2. The lowest BCUT2D eigenvalue weighted by atomic mass is 9.55. The zero-order chi connectivity index (χ0) is 12.4. The number of Topliss-reactive ketones (excluding diaryl/α,β-unsaturated/α-hetero) is 1. The fourth-order valence-corrected chi connectivity index (χ4v) is 2.75. The van der Waals surface area contributed by atoms with Crippen LogP contribution < -0.4 is 0 Å². The van der Waals surface area contributed by atoms with Crippen LogP contribution >= 0.6 is 0 Å². The molecule has 0 bridgehead atoms. The molecule has 0 spiro atoms. The van der Waals surface area contributed by atoms with E-state index in [4.69, 9.17) is 4.74 Å². The molecule has 1 fully saturated rings. The lowest BCUT2D eigenvalue weighted by Crippen LogP contribution is -2.53. The highest BCUT2D eigenvalue weighted by Gasteiger charge is 2.57. The van der Waals surface area contributed by atoms with Crippen LogP contribution in [0.25, 0.3) is 0 Å². The van der Waals surface area contributed by atoms with Gasteiger partial charge in [-0.3, -0.25) is 9.59 Å². The molecular weight excluding hydrogens is 204 g/mol. The van der Waals surface area contributed by atoms with E-state index in [0.29, 0.717) is 12.8 Å². The molecule has 3 heteroatoms. The van der Waals surface area contributed by atoms with E-state index in [2.05, 4.69) is 6.58 Å². The Bertz CT molecular complexity index is 307. The molecule has 90 valence electrons. The maximum atomic E-state index is 12.2. The first kappa shape index (κ1) is 12.9. The van der Waals surface area contributed by atoms with E-state index in [1.807, 2.05) is 13.8 Å². The summed E-state index contributed by atoms with van der Waals surface area (Å²) in [6.07, 6.45) is 4.18. The number of hydrogen-bond acceptors (Lipinski definition) is 3. The van der Waals surface area contributed by atoms with Crippen molar-refractivity contribution < 1.29 is 14.3 Å². The fourth-order valence-electron chi connectivity index (χ4n) is 2.75. The largest absolute Gasteiger partial charge is 0.468 e. The van der Waals surface area contributed by atoms with Crippen molar-refractivity contribution in [1.82, 2.24) is 0 Å². The zero-order valence-electron chi connectivity index (χ0n) is 10.3. The highest BCUT2D eigenvalue weighted by Crippen LogP contribution is 2.51. The second-order valence-corrected chi connectivity index (χ2v) is 5.05. The van der Waals surface area contributed by atoms with E-state index in [9.17, 15) is 9.59 Å². The Morgan fingerprint density at radius 3 is 2.62 bits per heavy atom. The van der Waals surface area contributed by atoms with Crippen molar-refractivity contribution in [3.8, 4) is 0 Å². The number of methoxy groups -OCH3 is 1. The lowest BCUT2D eigenvalue weighted by molar-refractivity contribution is -0.170. The third-order valence-corrected chi connectivity index (χ3v) is 3.82. The number of hydrogen-bond donors (Lipinski definition) is 0. The summed E-state index contributed by atoms with van der Waals surface area (Å²) in [4.78, 5) is 24.2. The van der Waals surface area contributed by atoms with Crippen LogP contribution in [0.5, 0.6) is 0 Å². The van der Waals surface area contributed by atoms with Gasteiger partial charge in [-0.1, -0.05) is 19.9 Å². The number of esters is 1. The molecule has 0 heterocycles. The van der Waals surface area contributed by atoms with Crippen molar-refractivity contribution in [1.29, 1.82) is 0 Å². The van der Waals surface area contributed by atoms with Crippen molar-refractivity contribution in [2.45, 2.75) is 39.5 Å². The van der Waals surface area contributed by atoms with Crippen molar-refractivity contribution >= 4 is 11.8 Å². The van der Waals surface area contributed by atoms with Gasteiger partial charge in [-0.15, -0.1) is 6.58 Å². The average molecular weight is 224 g/mol. The van der Waals surface area contributed by atoms with Crippen LogP contribution in [0.15, 0.2) is 12.7 Å². The first-order valence-electron chi connectivity index (χ1n) is 5.65. The van der Waals surface area contributed by atoms with E-state index < -0.39 is 11.4 Å². The summed E-state index contributed by atoms with van der Waals surface area (Å²) >= 11 is 0. The first-order chi connectivity index (χ1) is 7.42. The van der Waals surface area contributed by atoms with Gasteiger partial charge in [-0.2, -0.15) is 0 Å². The second kappa shape index (κ2) is 4.40. The normalized spacial score (nSPS) is 28.6. The predicted molar refractivity (Wildman–Crippen MR) is 61.9 cm³/mol. The van der Waals surface area contributed by atoms with E-state index in [1.54, 1.807) is 6.08 Å². The molecule has 0 aromatic carbocycles. The van der Waals surface area contributed by atoms with Crippen LogP contribution in [-0.4, -0.2) is 18.9 Å². The fraction of sp³-hybridized carbons (Fsp3) is 0.692. The number of carbonyl (C=O) groups is 2. The minimum Gasteiger partial charge on any atom is -0.468 e. The zero-order valence-corrected chi connectivity index (χ0v) is 10.3. The van der Waals surface area contributed by atoms with Gasteiger partial charge < -0.3 is 4.74 Å². The summed E-state index contributed by atoms with van der Waals surface area (Å²) in [5.74, 6) is -0.419. The number of allylic oxidation sites excluding steroid dienone is 1. The van der Waals surface area contributed by atoms with Gasteiger partial charge in [0.2, 0.25) is 0 Å². The molecule has 3 nitrogen and oxygen atoms in total. The molecule has 1 atom stereocenters. The first-order valence-corrected chi connectivity index (χ1v) is 5.65. The SMILES string of the molecule is C=CCC1(C(=O)OC)C(=O)CCCC1(C)C. The second-order valence-electron chi connectivity index (χ2n) is 5.05. The predicted octanol–water partition coefficient (Wildman–Crippen LogP) is 2.50. The number of ether oxygens (including phenoxy) is 1. The Kier molecular flexibility index (Phi) is 3.56. The molecule has 16 heavy (non-hydrogen) atoms. The monoisotopic (exact) mass is 224 g/mol. The molecule has 1 unspecified atom stereocenters. The van der Waals surface area contributed by atoms with Crippen LogP contribution in [0.2, 0.25) is 0 Å². The Balaban J connectivity index is 3.26. The van der Waals surface area contributed by atoms with Crippen LogP contribution in [0.3, 0.4) is 0 Å². The minimum absolute atomic E-state index is 0.00417. The number of rotatable bonds is 3. The van der Waals surface area contributed by atoms with E-state index in [0.717, 1.165) is 12.8 Å². The van der Waals surface area contributed by atoms with Gasteiger partial charge >= 0.3 is 5.97 Å². The van der Waals surface area contributed by atoms with Gasteiger partial charge in [0.1, 0.15) is 5.41 Å². The highest BCUT2D eigenvalue weighted by molar-refractivity contribution is 6.05. The third kappa shape index (κ3) is 1.68. The van der Waals surface area contributed by atoms with Gasteiger partial charge in [-0.05, 0) is 24.7 Å². The summed E-state index contributed by atoms with van der Waals surface area (Å²) in [6, 6.07) is 0. The Labute approximate surface area is 96.9 Å². The number of carbonyl (C=O) groups excluding carboxylic acids is 2. The van der Waals surface area contributed by atoms with Gasteiger partial charge in [0.25, 0.3) is 0 Å². The smallest absolute Gasteiger partial charge is 0.320 e. The number of ketones is 1. The molecule has 1 aliphatic carbocycles. The highest BCUT2D eigenvalue weighted by atomic mass is 16.5. The Morgan fingerprint density at radius 2 is 2.19 bits per heavy atom. The van der Waals surface area contributed by atoms with Gasteiger partial charge in [-0.25, -0.2) is 0 Å².